The molecule has 2 rings (SSSR count). The van der Waals surface area contributed by atoms with Gasteiger partial charge in [0.2, 0.25) is 0 Å². The summed E-state index contributed by atoms with van der Waals surface area (Å²) in [5.74, 6) is 0.278. The monoisotopic (exact) mass is 303 g/mol. The van der Waals surface area contributed by atoms with Crippen molar-refractivity contribution in [2.24, 2.45) is 5.92 Å². The molecule has 1 saturated heterocycles. The summed E-state index contributed by atoms with van der Waals surface area (Å²) in [5, 5.41) is 6.37. The second-order valence-corrected chi connectivity index (χ2v) is 5.95. The Hall–Kier alpha value is -1.88. The number of carbonyl (C=O) groups is 2. The molecular weight excluding hydrogens is 278 g/mol. The van der Waals surface area contributed by atoms with Crippen LogP contribution in [0, 0.1) is 5.92 Å². The van der Waals surface area contributed by atoms with Gasteiger partial charge < -0.3 is 15.5 Å². The van der Waals surface area contributed by atoms with E-state index in [1.54, 1.807) is 36.2 Å². The first kappa shape index (κ1) is 16.5. The van der Waals surface area contributed by atoms with E-state index in [0.717, 1.165) is 19.5 Å². The molecule has 0 aliphatic carbocycles. The SMILES string of the molecule is CCN(C)C(=O)c1cccc(C(=O)NC2CNCCC2C)c1. The zero-order valence-corrected chi connectivity index (χ0v) is 13.6. The van der Waals surface area contributed by atoms with Crippen LogP contribution in [0.4, 0.5) is 0 Å². The summed E-state index contributed by atoms with van der Waals surface area (Å²) in [7, 11) is 1.75. The molecule has 0 bridgehead atoms. The fraction of sp³-hybridized carbons (Fsp3) is 0.529. The first-order valence-electron chi connectivity index (χ1n) is 7.90. The van der Waals surface area contributed by atoms with Crippen LogP contribution in [0.3, 0.4) is 0 Å². The third-order valence-corrected chi connectivity index (χ3v) is 4.34. The minimum atomic E-state index is -0.116. The topological polar surface area (TPSA) is 61.4 Å². The van der Waals surface area contributed by atoms with Crippen molar-refractivity contribution in [2.45, 2.75) is 26.3 Å². The van der Waals surface area contributed by atoms with Crippen LogP contribution < -0.4 is 10.6 Å². The summed E-state index contributed by atoms with van der Waals surface area (Å²) < 4.78 is 0. The molecule has 2 amide bonds. The summed E-state index contributed by atoms with van der Waals surface area (Å²) in [6.45, 7) is 6.51. The lowest BCUT2D eigenvalue weighted by atomic mass is 9.94. The summed E-state index contributed by atoms with van der Waals surface area (Å²) in [5.41, 5.74) is 1.08. The number of amides is 2. The van der Waals surface area contributed by atoms with E-state index in [-0.39, 0.29) is 17.9 Å². The predicted octanol–water partition coefficient (Wildman–Crippen LogP) is 1.51. The first-order chi connectivity index (χ1) is 10.5. The Kier molecular flexibility index (Phi) is 5.55. The minimum absolute atomic E-state index is 0.0650. The molecule has 0 aromatic heterocycles. The number of rotatable bonds is 4. The Morgan fingerprint density at radius 1 is 1.36 bits per heavy atom. The molecule has 1 aliphatic rings. The van der Waals surface area contributed by atoms with E-state index >= 15 is 0 Å². The molecule has 0 spiro atoms. The summed E-state index contributed by atoms with van der Waals surface area (Å²) in [4.78, 5) is 26.2. The van der Waals surface area contributed by atoms with Gasteiger partial charge in [-0.3, -0.25) is 9.59 Å². The highest BCUT2D eigenvalue weighted by Gasteiger charge is 2.23. The fourth-order valence-electron chi connectivity index (χ4n) is 2.59. The van der Waals surface area contributed by atoms with E-state index in [0.29, 0.717) is 23.6 Å². The van der Waals surface area contributed by atoms with Gasteiger partial charge in [0.25, 0.3) is 11.8 Å². The van der Waals surface area contributed by atoms with Crippen molar-refractivity contribution in [2.75, 3.05) is 26.7 Å². The van der Waals surface area contributed by atoms with Crippen LogP contribution in [0.25, 0.3) is 0 Å². The van der Waals surface area contributed by atoms with Gasteiger partial charge in [-0.25, -0.2) is 0 Å². The zero-order valence-electron chi connectivity index (χ0n) is 13.6. The van der Waals surface area contributed by atoms with E-state index in [1.807, 2.05) is 6.92 Å². The third kappa shape index (κ3) is 3.85. The molecule has 0 radical (unpaired) electrons. The molecule has 22 heavy (non-hydrogen) atoms. The normalized spacial score (nSPS) is 21.2. The van der Waals surface area contributed by atoms with Crippen LogP contribution >= 0.6 is 0 Å². The fourth-order valence-corrected chi connectivity index (χ4v) is 2.59. The maximum absolute atomic E-state index is 12.4. The van der Waals surface area contributed by atoms with E-state index in [9.17, 15) is 9.59 Å². The van der Waals surface area contributed by atoms with Gasteiger partial charge in [-0.1, -0.05) is 13.0 Å². The van der Waals surface area contributed by atoms with Gasteiger partial charge in [0.05, 0.1) is 0 Å². The molecule has 120 valence electrons. The molecular formula is C17H25N3O2. The lowest BCUT2D eigenvalue weighted by Gasteiger charge is -2.30. The van der Waals surface area contributed by atoms with Crippen molar-refractivity contribution in [1.29, 1.82) is 0 Å². The molecule has 2 unspecified atom stereocenters. The van der Waals surface area contributed by atoms with Crippen LogP contribution in [-0.2, 0) is 0 Å². The lowest BCUT2D eigenvalue weighted by molar-refractivity contribution is 0.0802. The van der Waals surface area contributed by atoms with Gasteiger partial charge >= 0.3 is 0 Å². The van der Waals surface area contributed by atoms with Gasteiger partial charge in [-0.15, -0.1) is 0 Å². The molecule has 1 aromatic carbocycles. The Labute approximate surface area is 132 Å². The number of hydrogen-bond acceptors (Lipinski definition) is 3. The van der Waals surface area contributed by atoms with Crippen molar-refractivity contribution in [3.05, 3.63) is 35.4 Å². The van der Waals surface area contributed by atoms with Crippen molar-refractivity contribution in [3.8, 4) is 0 Å². The Balaban J connectivity index is 2.08. The second-order valence-electron chi connectivity index (χ2n) is 5.95. The number of hydrogen-bond donors (Lipinski definition) is 2. The van der Waals surface area contributed by atoms with Crippen LogP contribution in [-0.4, -0.2) is 49.4 Å². The van der Waals surface area contributed by atoms with Crippen molar-refractivity contribution >= 4 is 11.8 Å². The summed E-state index contributed by atoms with van der Waals surface area (Å²) in [6, 6.07) is 7.06. The first-order valence-corrected chi connectivity index (χ1v) is 7.90. The summed E-state index contributed by atoms with van der Waals surface area (Å²) in [6.07, 6.45) is 1.06. The molecule has 5 heteroatoms. The average Bonchev–Trinajstić information content (AvgIpc) is 2.55. The Bertz CT molecular complexity index is 544. The molecule has 1 aliphatic heterocycles. The Morgan fingerprint density at radius 2 is 2.09 bits per heavy atom. The second kappa shape index (κ2) is 7.40. The van der Waals surface area contributed by atoms with Gasteiger partial charge in [0.15, 0.2) is 0 Å². The molecule has 5 nitrogen and oxygen atoms in total. The van der Waals surface area contributed by atoms with Gasteiger partial charge in [0, 0.05) is 37.3 Å². The van der Waals surface area contributed by atoms with Crippen LogP contribution in [0.15, 0.2) is 24.3 Å². The van der Waals surface area contributed by atoms with Crippen molar-refractivity contribution < 1.29 is 9.59 Å². The lowest BCUT2D eigenvalue weighted by Crippen LogP contribution is -2.50. The van der Waals surface area contributed by atoms with Crippen molar-refractivity contribution in [3.63, 3.8) is 0 Å². The standard InChI is InChI=1S/C17H25N3O2/c1-4-20(3)17(22)14-7-5-6-13(10-14)16(21)19-15-11-18-9-8-12(15)2/h5-7,10,12,15,18H,4,8-9,11H2,1-3H3,(H,19,21). The van der Waals surface area contributed by atoms with E-state index in [4.69, 9.17) is 0 Å². The number of carbonyl (C=O) groups excluding carboxylic acids is 2. The number of benzene rings is 1. The van der Waals surface area contributed by atoms with Crippen LogP contribution in [0.5, 0.6) is 0 Å². The van der Waals surface area contributed by atoms with E-state index < -0.39 is 0 Å². The van der Waals surface area contributed by atoms with Crippen LogP contribution in [0.1, 0.15) is 41.0 Å². The molecule has 1 aromatic rings. The van der Waals surface area contributed by atoms with Gasteiger partial charge in [0.1, 0.15) is 0 Å². The summed E-state index contributed by atoms with van der Waals surface area (Å²) >= 11 is 0. The molecule has 0 saturated carbocycles. The number of piperidine rings is 1. The molecule has 1 fully saturated rings. The zero-order chi connectivity index (χ0) is 16.1. The highest BCUT2D eigenvalue weighted by Crippen LogP contribution is 2.13. The third-order valence-electron chi connectivity index (χ3n) is 4.34. The minimum Gasteiger partial charge on any atom is -0.348 e. The van der Waals surface area contributed by atoms with Crippen LogP contribution in [0.2, 0.25) is 0 Å². The van der Waals surface area contributed by atoms with E-state index in [1.165, 1.54) is 0 Å². The maximum atomic E-state index is 12.4. The number of nitrogens with one attached hydrogen (secondary N) is 2. The highest BCUT2D eigenvalue weighted by molar-refractivity contribution is 5.99. The predicted molar refractivity (Wildman–Crippen MR) is 87.0 cm³/mol. The van der Waals surface area contributed by atoms with Gasteiger partial charge in [-0.05, 0) is 44.0 Å². The molecule has 1 heterocycles. The van der Waals surface area contributed by atoms with Gasteiger partial charge in [-0.2, -0.15) is 0 Å². The van der Waals surface area contributed by atoms with E-state index in [2.05, 4.69) is 17.6 Å². The Morgan fingerprint density at radius 3 is 2.77 bits per heavy atom. The number of nitrogens with zero attached hydrogens (tertiary/aromatic N) is 1. The molecule has 2 atom stereocenters. The molecule has 2 N–H and O–H groups in total. The highest BCUT2D eigenvalue weighted by atomic mass is 16.2. The quantitative estimate of drug-likeness (QED) is 0.886. The average molecular weight is 303 g/mol. The largest absolute Gasteiger partial charge is 0.348 e. The maximum Gasteiger partial charge on any atom is 0.253 e. The smallest absolute Gasteiger partial charge is 0.253 e. The van der Waals surface area contributed by atoms with Crippen molar-refractivity contribution in [1.82, 2.24) is 15.5 Å².